The van der Waals surface area contributed by atoms with Crippen LogP contribution in [0, 0.1) is 5.41 Å². The zero-order valence-electron chi connectivity index (χ0n) is 11.9. The minimum absolute atomic E-state index is 0.0767. The van der Waals surface area contributed by atoms with Crippen LogP contribution in [0.1, 0.15) is 20.3 Å². The standard InChI is InChI=1S/C15H18ClN3O/c1-15(2)11(8-12(15)20-3)18-13-9-6-4-5-7-10(9)17-14(16)19-13/h4-7,11-12H,8H2,1-3H3,(H,17,18,19). The lowest BCUT2D eigenvalue weighted by atomic mass is 9.64. The van der Waals surface area contributed by atoms with Gasteiger partial charge in [-0.1, -0.05) is 26.0 Å². The number of halogens is 1. The highest BCUT2D eigenvalue weighted by Gasteiger charge is 2.48. The number of hydrogen-bond acceptors (Lipinski definition) is 4. The molecule has 1 heterocycles. The molecule has 2 unspecified atom stereocenters. The van der Waals surface area contributed by atoms with Gasteiger partial charge in [0, 0.05) is 24.0 Å². The molecule has 0 spiro atoms. The molecule has 1 saturated carbocycles. The van der Waals surface area contributed by atoms with E-state index in [0.717, 1.165) is 23.1 Å². The van der Waals surface area contributed by atoms with Gasteiger partial charge in [-0.15, -0.1) is 0 Å². The Morgan fingerprint density at radius 1 is 1.30 bits per heavy atom. The van der Waals surface area contributed by atoms with Crippen LogP contribution in [0.5, 0.6) is 0 Å². The van der Waals surface area contributed by atoms with Crippen LogP contribution in [0.15, 0.2) is 24.3 Å². The van der Waals surface area contributed by atoms with Crippen molar-refractivity contribution in [2.75, 3.05) is 12.4 Å². The summed E-state index contributed by atoms with van der Waals surface area (Å²) < 4.78 is 5.48. The Hall–Kier alpha value is -1.39. The molecule has 0 aliphatic heterocycles. The van der Waals surface area contributed by atoms with E-state index in [-0.39, 0.29) is 16.8 Å². The van der Waals surface area contributed by atoms with E-state index in [1.165, 1.54) is 0 Å². The highest BCUT2D eigenvalue weighted by atomic mass is 35.5. The van der Waals surface area contributed by atoms with Gasteiger partial charge in [-0.05, 0) is 30.2 Å². The largest absolute Gasteiger partial charge is 0.381 e. The molecule has 1 aliphatic rings. The summed E-state index contributed by atoms with van der Waals surface area (Å²) in [5.41, 5.74) is 0.934. The summed E-state index contributed by atoms with van der Waals surface area (Å²) in [5.74, 6) is 0.799. The number of aromatic nitrogens is 2. The molecule has 5 heteroatoms. The molecule has 2 aromatic rings. The summed E-state index contributed by atoms with van der Waals surface area (Å²) >= 11 is 6.01. The molecular weight excluding hydrogens is 274 g/mol. The second kappa shape index (κ2) is 4.86. The molecule has 3 rings (SSSR count). The quantitative estimate of drug-likeness (QED) is 0.879. The maximum atomic E-state index is 6.01. The van der Waals surface area contributed by atoms with Gasteiger partial charge in [-0.2, -0.15) is 0 Å². The van der Waals surface area contributed by atoms with Gasteiger partial charge in [0.15, 0.2) is 0 Å². The van der Waals surface area contributed by atoms with E-state index in [2.05, 4.69) is 29.1 Å². The Labute approximate surface area is 123 Å². The van der Waals surface area contributed by atoms with Gasteiger partial charge in [-0.3, -0.25) is 0 Å². The van der Waals surface area contributed by atoms with Crippen LogP contribution < -0.4 is 5.32 Å². The van der Waals surface area contributed by atoms with Crippen LogP contribution in [0.3, 0.4) is 0 Å². The molecular formula is C15H18ClN3O. The van der Waals surface area contributed by atoms with Gasteiger partial charge in [-0.25, -0.2) is 9.97 Å². The van der Waals surface area contributed by atoms with Crippen molar-refractivity contribution in [3.05, 3.63) is 29.5 Å². The SMILES string of the molecule is COC1CC(Nc2nc(Cl)nc3ccccc23)C1(C)C. The molecule has 1 aromatic carbocycles. The monoisotopic (exact) mass is 291 g/mol. The fourth-order valence-corrected chi connectivity index (χ4v) is 3.03. The summed E-state index contributed by atoms with van der Waals surface area (Å²) in [6.07, 6.45) is 1.25. The van der Waals surface area contributed by atoms with Gasteiger partial charge in [0.25, 0.3) is 0 Å². The maximum absolute atomic E-state index is 6.01. The van der Waals surface area contributed by atoms with E-state index < -0.39 is 0 Å². The van der Waals surface area contributed by atoms with Gasteiger partial charge < -0.3 is 10.1 Å². The third-order valence-electron chi connectivity index (χ3n) is 4.35. The molecule has 1 aliphatic carbocycles. The number of methoxy groups -OCH3 is 1. The van der Waals surface area contributed by atoms with E-state index in [1.807, 2.05) is 24.3 Å². The van der Waals surface area contributed by atoms with E-state index in [4.69, 9.17) is 16.3 Å². The van der Waals surface area contributed by atoms with E-state index in [0.29, 0.717) is 6.04 Å². The fraction of sp³-hybridized carbons (Fsp3) is 0.467. The van der Waals surface area contributed by atoms with Crippen LogP contribution in [0.25, 0.3) is 10.9 Å². The molecule has 1 N–H and O–H groups in total. The number of benzene rings is 1. The Morgan fingerprint density at radius 2 is 2.05 bits per heavy atom. The number of ether oxygens (including phenoxy) is 1. The first-order valence-electron chi connectivity index (χ1n) is 6.74. The number of rotatable bonds is 3. The minimum atomic E-state index is 0.0767. The lowest BCUT2D eigenvalue weighted by Gasteiger charge is -2.51. The molecule has 1 fully saturated rings. The number of fused-ring (bicyclic) bond motifs is 1. The number of nitrogens with zero attached hydrogens (tertiary/aromatic N) is 2. The minimum Gasteiger partial charge on any atom is -0.381 e. The lowest BCUT2D eigenvalue weighted by Crippen LogP contribution is -2.57. The molecule has 4 nitrogen and oxygen atoms in total. The van der Waals surface area contributed by atoms with Crippen molar-refractivity contribution in [2.45, 2.75) is 32.4 Å². The topological polar surface area (TPSA) is 47.0 Å². The highest BCUT2D eigenvalue weighted by Crippen LogP contribution is 2.44. The van der Waals surface area contributed by atoms with Crippen LogP contribution >= 0.6 is 11.6 Å². The van der Waals surface area contributed by atoms with Gasteiger partial charge in [0.2, 0.25) is 5.28 Å². The molecule has 0 radical (unpaired) electrons. The first-order valence-corrected chi connectivity index (χ1v) is 7.12. The Bertz CT molecular complexity index is 644. The Balaban J connectivity index is 1.92. The number of nitrogens with one attached hydrogen (secondary N) is 1. The molecule has 2 atom stereocenters. The second-order valence-electron chi connectivity index (χ2n) is 5.84. The molecule has 0 saturated heterocycles. The fourth-order valence-electron chi connectivity index (χ4n) is 2.85. The summed E-state index contributed by atoms with van der Waals surface area (Å²) in [6.45, 7) is 4.40. The lowest BCUT2D eigenvalue weighted by molar-refractivity contribution is -0.0795. The average Bonchev–Trinajstić information content (AvgIpc) is 2.42. The average molecular weight is 292 g/mol. The zero-order valence-corrected chi connectivity index (χ0v) is 12.6. The molecule has 0 bridgehead atoms. The van der Waals surface area contributed by atoms with Crippen molar-refractivity contribution in [1.29, 1.82) is 0 Å². The second-order valence-corrected chi connectivity index (χ2v) is 6.17. The van der Waals surface area contributed by atoms with Crippen LogP contribution in [0.4, 0.5) is 5.82 Å². The van der Waals surface area contributed by atoms with Crippen molar-refractivity contribution in [3.63, 3.8) is 0 Å². The first kappa shape index (κ1) is 13.6. The molecule has 0 amide bonds. The first-order chi connectivity index (χ1) is 9.52. The van der Waals surface area contributed by atoms with Gasteiger partial charge >= 0.3 is 0 Å². The molecule has 106 valence electrons. The number of anilines is 1. The smallest absolute Gasteiger partial charge is 0.224 e. The zero-order chi connectivity index (χ0) is 14.3. The van der Waals surface area contributed by atoms with Crippen molar-refractivity contribution in [3.8, 4) is 0 Å². The normalized spacial score (nSPS) is 24.4. The van der Waals surface area contributed by atoms with Gasteiger partial charge in [0.1, 0.15) is 5.82 Å². The summed E-state index contributed by atoms with van der Waals surface area (Å²) in [4.78, 5) is 8.59. The van der Waals surface area contributed by atoms with Crippen molar-refractivity contribution in [2.24, 2.45) is 5.41 Å². The third kappa shape index (κ3) is 2.13. The third-order valence-corrected chi connectivity index (χ3v) is 4.52. The van der Waals surface area contributed by atoms with E-state index in [1.54, 1.807) is 7.11 Å². The van der Waals surface area contributed by atoms with Crippen molar-refractivity contribution in [1.82, 2.24) is 9.97 Å². The van der Waals surface area contributed by atoms with Crippen LogP contribution in [-0.4, -0.2) is 29.2 Å². The molecule has 1 aromatic heterocycles. The van der Waals surface area contributed by atoms with E-state index >= 15 is 0 Å². The van der Waals surface area contributed by atoms with Gasteiger partial charge in [0.05, 0.1) is 11.6 Å². The molecule has 20 heavy (non-hydrogen) atoms. The van der Waals surface area contributed by atoms with Crippen molar-refractivity contribution < 1.29 is 4.74 Å². The number of hydrogen-bond donors (Lipinski definition) is 1. The number of para-hydroxylation sites is 1. The summed E-state index contributed by atoms with van der Waals surface area (Å²) in [7, 11) is 1.76. The predicted octanol–water partition coefficient (Wildman–Crippen LogP) is 3.51. The Kier molecular flexibility index (Phi) is 3.30. The van der Waals surface area contributed by atoms with Crippen LogP contribution in [-0.2, 0) is 4.74 Å². The van der Waals surface area contributed by atoms with Crippen LogP contribution in [0.2, 0.25) is 5.28 Å². The Morgan fingerprint density at radius 3 is 2.75 bits per heavy atom. The maximum Gasteiger partial charge on any atom is 0.224 e. The highest BCUT2D eigenvalue weighted by molar-refractivity contribution is 6.28. The van der Waals surface area contributed by atoms with Crippen molar-refractivity contribution >= 4 is 28.3 Å². The summed E-state index contributed by atoms with van der Waals surface area (Å²) in [5, 5.41) is 4.77. The van der Waals surface area contributed by atoms with E-state index in [9.17, 15) is 0 Å². The predicted molar refractivity (Wildman–Crippen MR) is 81.2 cm³/mol. The summed E-state index contributed by atoms with van der Waals surface area (Å²) in [6, 6.07) is 8.20.